The number of ether oxygens (including phenoxy) is 2. The van der Waals surface area contributed by atoms with Gasteiger partial charge in [0.25, 0.3) is 0 Å². The molecule has 7 nitrogen and oxygen atoms in total. The van der Waals surface area contributed by atoms with Crippen LogP contribution >= 0.6 is 11.3 Å². The molecular weight excluding hydrogens is 479 g/mol. The number of thiazole rings is 1. The normalized spacial score (nSPS) is 16.8. The lowest BCUT2D eigenvalue weighted by Gasteiger charge is -2.43. The van der Waals surface area contributed by atoms with Gasteiger partial charge in [-0.1, -0.05) is 41.7 Å². The Hall–Kier alpha value is -3.73. The van der Waals surface area contributed by atoms with Crippen LogP contribution < -0.4 is 14.4 Å². The zero-order valence-corrected chi connectivity index (χ0v) is 19.1. The molecule has 0 bridgehead atoms. The van der Waals surface area contributed by atoms with Gasteiger partial charge in [-0.3, -0.25) is 5.41 Å². The maximum atomic E-state index is 12.6. The number of alkyl halides is 3. The lowest BCUT2D eigenvalue weighted by Crippen LogP contribution is -2.48. The summed E-state index contributed by atoms with van der Waals surface area (Å²) in [6, 6.07) is 13.5. The lowest BCUT2D eigenvalue weighted by molar-refractivity contribution is -0.274. The van der Waals surface area contributed by atoms with Crippen molar-refractivity contribution in [1.82, 2.24) is 4.98 Å². The minimum Gasteiger partial charge on any atom is -0.482 e. The monoisotopic (exact) mass is 499 g/mol. The standard InChI is InChI=1S/C24H20F3N5O2S/c25-24(26,27)33-16-7-5-15(6-8-16)18-13-23(34-19-4-2-1-3-17(18)19)9-11-32(12-10-23)22-30-14-20(35-22)21(28)31-29/h1-8,13-14,28-29H,9-12H2. The number of piperidine rings is 1. The maximum Gasteiger partial charge on any atom is 0.573 e. The van der Waals surface area contributed by atoms with Crippen molar-refractivity contribution in [3.63, 3.8) is 0 Å². The summed E-state index contributed by atoms with van der Waals surface area (Å²) in [5.41, 5.74) is 9.01. The second-order valence-corrected chi connectivity index (χ2v) is 9.26. The number of nitrogens with one attached hydrogen (secondary N) is 2. The average molecular weight is 500 g/mol. The number of fused-ring (bicyclic) bond motifs is 1. The SMILES string of the molecule is N=NC(=N)c1cnc(N2CCC3(C=C(c4ccc(OC(F)(F)F)cc4)c4ccccc4O3)CC2)s1. The average Bonchev–Trinajstić information content (AvgIpc) is 3.33. The van der Waals surface area contributed by atoms with E-state index in [1.807, 2.05) is 24.3 Å². The second kappa shape index (κ2) is 8.81. The van der Waals surface area contributed by atoms with E-state index < -0.39 is 12.0 Å². The largest absolute Gasteiger partial charge is 0.573 e. The highest BCUT2D eigenvalue weighted by atomic mass is 32.1. The minimum absolute atomic E-state index is 0.117. The van der Waals surface area contributed by atoms with Gasteiger partial charge in [-0.25, -0.2) is 10.5 Å². The number of nitrogens with zero attached hydrogens (tertiary/aromatic N) is 3. The molecule has 0 atom stereocenters. The summed E-state index contributed by atoms with van der Waals surface area (Å²) in [4.78, 5) is 7.05. The van der Waals surface area contributed by atoms with E-state index in [2.05, 4.69) is 25.8 Å². The fourth-order valence-electron chi connectivity index (χ4n) is 4.34. The van der Waals surface area contributed by atoms with E-state index in [0.29, 0.717) is 30.8 Å². The fourth-order valence-corrected chi connectivity index (χ4v) is 5.20. The number of para-hydroxylation sites is 1. The van der Waals surface area contributed by atoms with Crippen LogP contribution in [-0.2, 0) is 0 Å². The van der Waals surface area contributed by atoms with Gasteiger partial charge in [-0.15, -0.1) is 18.3 Å². The molecule has 180 valence electrons. The molecule has 5 rings (SSSR count). The predicted octanol–water partition coefficient (Wildman–Crippen LogP) is 6.26. The van der Waals surface area contributed by atoms with E-state index in [9.17, 15) is 13.2 Å². The van der Waals surface area contributed by atoms with Crippen LogP contribution in [0.2, 0.25) is 0 Å². The van der Waals surface area contributed by atoms with Crippen LogP contribution in [0, 0.1) is 10.9 Å². The Morgan fingerprint density at radius 3 is 2.51 bits per heavy atom. The van der Waals surface area contributed by atoms with Crippen molar-refractivity contribution in [3.8, 4) is 11.5 Å². The molecule has 0 saturated carbocycles. The third-order valence-corrected chi connectivity index (χ3v) is 7.08. The molecule has 1 aromatic heterocycles. The van der Waals surface area contributed by atoms with Crippen LogP contribution in [0.3, 0.4) is 0 Å². The number of amidine groups is 1. The summed E-state index contributed by atoms with van der Waals surface area (Å²) in [5.74, 6) is 0.351. The topological polar surface area (TPSA) is 94.7 Å². The molecule has 35 heavy (non-hydrogen) atoms. The molecule has 0 unspecified atom stereocenters. The Balaban J connectivity index is 1.41. The van der Waals surface area contributed by atoms with Gasteiger partial charge in [0.05, 0.1) is 11.1 Å². The summed E-state index contributed by atoms with van der Waals surface area (Å²) in [6.07, 6.45) is 0.250. The van der Waals surface area contributed by atoms with E-state index in [-0.39, 0.29) is 11.6 Å². The highest BCUT2D eigenvalue weighted by Gasteiger charge is 2.39. The molecule has 0 radical (unpaired) electrons. The predicted molar refractivity (Wildman–Crippen MR) is 126 cm³/mol. The Morgan fingerprint density at radius 1 is 1.11 bits per heavy atom. The van der Waals surface area contributed by atoms with E-state index in [1.54, 1.807) is 18.3 Å². The summed E-state index contributed by atoms with van der Waals surface area (Å²) < 4.78 is 48.2. The first-order chi connectivity index (χ1) is 16.8. The van der Waals surface area contributed by atoms with Crippen LogP contribution in [0.25, 0.3) is 5.57 Å². The molecule has 1 fully saturated rings. The molecule has 0 aliphatic carbocycles. The molecule has 2 N–H and O–H groups in total. The van der Waals surface area contributed by atoms with Gasteiger partial charge in [0.15, 0.2) is 11.0 Å². The Morgan fingerprint density at radius 2 is 1.83 bits per heavy atom. The summed E-state index contributed by atoms with van der Waals surface area (Å²) >= 11 is 1.33. The quantitative estimate of drug-likeness (QED) is 0.252. The molecule has 2 aliphatic heterocycles. The maximum absolute atomic E-state index is 12.6. The second-order valence-electron chi connectivity index (χ2n) is 8.25. The van der Waals surface area contributed by atoms with E-state index in [4.69, 9.17) is 15.7 Å². The Bertz CT molecular complexity index is 1290. The molecule has 3 heterocycles. The third kappa shape index (κ3) is 4.76. The molecule has 2 aromatic carbocycles. The van der Waals surface area contributed by atoms with Crippen LogP contribution in [-0.4, -0.2) is 35.9 Å². The van der Waals surface area contributed by atoms with Gasteiger partial charge in [-0.2, -0.15) is 0 Å². The van der Waals surface area contributed by atoms with Crippen LogP contribution in [0.5, 0.6) is 11.5 Å². The van der Waals surface area contributed by atoms with Crippen molar-refractivity contribution in [3.05, 3.63) is 76.8 Å². The summed E-state index contributed by atoms with van der Waals surface area (Å²) in [6.45, 7) is 1.34. The number of aromatic nitrogens is 1. The van der Waals surface area contributed by atoms with Gasteiger partial charge in [-0.05, 0) is 35.4 Å². The van der Waals surface area contributed by atoms with Crippen molar-refractivity contribution < 1.29 is 22.6 Å². The smallest absolute Gasteiger partial charge is 0.482 e. The van der Waals surface area contributed by atoms with Crippen LogP contribution in [0.15, 0.2) is 65.9 Å². The number of hydrogen-bond acceptors (Lipinski definition) is 7. The number of anilines is 1. The van der Waals surface area contributed by atoms with Crippen molar-refractivity contribution in [1.29, 1.82) is 10.9 Å². The lowest BCUT2D eigenvalue weighted by atomic mass is 9.83. The van der Waals surface area contributed by atoms with Gasteiger partial charge in [0, 0.05) is 31.5 Å². The molecule has 3 aromatic rings. The van der Waals surface area contributed by atoms with Crippen molar-refractivity contribution >= 4 is 27.9 Å². The first kappa shape index (κ1) is 23.0. The van der Waals surface area contributed by atoms with Gasteiger partial charge < -0.3 is 14.4 Å². The minimum atomic E-state index is -4.74. The molecule has 1 spiro atoms. The van der Waals surface area contributed by atoms with Gasteiger partial charge in [0.2, 0.25) is 0 Å². The molecule has 11 heteroatoms. The van der Waals surface area contributed by atoms with Gasteiger partial charge in [0.1, 0.15) is 17.1 Å². The van der Waals surface area contributed by atoms with E-state index in [0.717, 1.165) is 27.6 Å². The van der Waals surface area contributed by atoms with E-state index >= 15 is 0 Å². The van der Waals surface area contributed by atoms with E-state index in [1.165, 1.54) is 23.5 Å². The van der Waals surface area contributed by atoms with Gasteiger partial charge >= 0.3 is 6.36 Å². The molecule has 0 amide bonds. The van der Waals surface area contributed by atoms with Crippen molar-refractivity contribution in [2.45, 2.75) is 24.8 Å². The third-order valence-electron chi connectivity index (χ3n) is 6.02. The Kier molecular flexibility index (Phi) is 5.79. The molecule has 1 saturated heterocycles. The number of halogens is 3. The van der Waals surface area contributed by atoms with Crippen molar-refractivity contribution in [2.75, 3.05) is 18.0 Å². The van der Waals surface area contributed by atoms with Crippen LogP contribution in [0.4, 0.5) is 18.3 Å². The first-order valence-corrected chi connectivity index (χ1v) is 11.6. The fraction of sp³-hybridized carbons (Fsp3) is 0.250. The number of benzene rings is 2. The summed E-state index contributed by atoms with van der Waals surface area (Å²) in [7, 11) is 0. The molecular formula is C24H20F3N5O2S. The zero-order valence-electron chi connectivity index (χ0n) is 18.3. The van der Waals surface area contributed by atoms with Crippen molar-refractivity contribution in [2.24, 2.45) is 5.11 Å². The first-order valence-electron chi connectivity index (χ1n) is 10.8. The van der Waals surface area contributed by atoms with Crippen LogP contribution in [0.1, 0.15) is 28.8 Å². The molecule has 2 aliphatic rings. The zero-order chi connectivity index (χ0) is 24.6. The number of hydrogen-bond donors (Lipinski definition) is 2. The number of rotatable bonds is 4. The summed E-state index contributed by atoms with van der Waals surface area (Å²) in [5, 5.41) is 11.6. The highest BCUT2D eigenvalue weighted by Crippen LogP contribution is 2.44. The highest BCUT2D eigenvalue weighted by molar-refractivity contribution is 7.17. The Labute approximate surface area is 202 Å².